The van der Waals surface area contributed by atoms with Crippen molar-refractivity contribution in [2.24, 2.45) is 0 Å². The van der Waals surface area contributed by atoms with Crippen LogP contribution in [0.4, 0.5) is 0 Å². The number of aliphatic hydroxyl groups is 1. The first kappa shape index (κ1) is 10.8. The molecule has 1 heteroatoms. The van der Waals surface area contributed by atoms with Crippen LogP contribution in [-0.2, 0) is 5.41 Å². The highest BCUT2D eigenvalue weighted by Gasteiger charge is 2.12. The smallest absolute Gasteiger partial charge is 0.104 e. The molecule has 0 atom stereocenters. The van der Waals surface area contributed by atoms with Crippen LogP contribution in [0.25, 0.3) is 0 Å². The molecule has 0 saturated heterocycles. The van der Waals surface area contributed by atoms with Crippen LogP contribution in [0.1, 0.15) is 31.9 Å². The van der Waals surface area contributed by atoms with Gasteiger partial charge in [0.1, 0.15) is 6.61 Å². The fourth-order valence-electron chi connectivity index (χ4n) is 1.20. The van der Waals surface area contributed by atoms with Gasteiger partial charge >= 0.3 is 0 Å². The maximum absolute atomic E-state index is 8.54. The van der Waals surface area contributed by atoms with Crippen LogP contribution in [0.3, 0.4) is 0 Å². The molecule has 1 aromatic carbocycles. The molecule has 0 amide bonds. The minimum Gasteiger partial charge on any atom is -0.384 e. The van der Waals surface area contributed by atoms with Crippen molar-refractivity contribution in [1.29, 1.82) is 0 Å². The van der Waals surface area contributed by atoms with Crippen LogP contribution in [0, 0.1) is 11.8 Å². The second kappa shape index (κ2) is 4.30. The van der Waals surface area contributed by atoms with Crippen LogP contribution in [0.5, 0.6) is 0 Å². The van der Waals surface area contributed by atoms with E-state index < -0.39 is 0 Å². The van der Waals surface area contributed by atoms with Crippen molar-refractivity contribution >= 4 is 0 Å². The van der Waals surface area contributed by atoms with E-state index in [0.717, 1.165) is 5.56 Å². The van der Waals surface area contributed by atoms with E-state index in [4.69, 9.17) is 5.11 Å². The van der Waals surface area contributed by atoms with Crippen molar-refractivity contribution in [1.82, 2.24) is 0 Å². The second-order valence-corrected chi connectivity index (χ2v) is 4.29. The number of benzene rings is 1. The van der Waals surface area contributed by atoms with Gasteiger partial charge < -0.3 is 5.11 Å². The maximum atomic E-state index is 8.54. The van der Waals surface area contributed by atoms with Crippen molar-refractivity contribution in [2.75, 3.05) is 6.61 Å². The lowest BCUT2D eigenvalue weighted by molar-refractivity contribution is 0.350. The summed E-state index contributed by atoms with van der Waals surface area (Å²) in [5.41, 5.74) is 2.43. The SMILES string of the molecule is CC(C)(C)c1ccc(C#CCO)cc1. The Labute approximate surface area is 85.8 Å². The third kappa shape index (κ3) is 2.90. The molecule has 1 nitrogen and oxygen atoms in total. The largest absolute Gasteiger partial charge is 0.384 e. The Morgan fingerprint density at radius 1 is 1.14 bits per heavy atom. The molecule has 1 N–H and O–H groups in total. The highest BCUT2D eigenvalue weighted by molar-refractivity contribution is 5.37. The van der Waals surface area contributed by atoms with Gasteiger partial charge in [-0.1, -0.05) is 44.7 Å². The van der Waals surface area contributed by atoms with Crippen LogP contribution in [0.2, 0.25) is 0 Å². The molecule has 0 heterocycles. The summed E-state index contributed by atoms with van der Waals surface area (Å²) in [5, 5.41) is 8.54. The molecule has 0 radical (unpaired) electrons. The van der Waals surface area contributed by atoms with Gasteiger partial charge in [-0.05, 0) is 23.1 Å². The average molecular weight is 188 g/mol. The van der Waals surface area contributed by atoms with E-state index in [-0.39, 0.29) is 12.0 Å². The van der Waals surface area contributed by atoms with E-state index in [1.165, 1.54) is 5.56 Å². The number of hydrogen-bond acceptors (Lipinski definition) is 1. The molecule has 74 valence electrons. The molecule has 0 spiro atoms. The minimum atomic E-state index is -0.0823. The molecule has 0 aliphatic carbocycles. The summed E-state index contributed by atoms with van der Waals surface area (Å²) in [5.74, 6) is 5.50. The normalized spacial score (nSPS) is 10.6. The van der Waals surface area contributed by atoms with Crippen LogP contribution >= 0.6 is 0 Å². The average Bonchev–Trinajstić information content (AvgIpc) is 2.14. The predicted octanol–water partition coefficient (Wildman–Crippen LogP) is 2.33. The Hall–Kier alpha value is -1.26. The fourth-order valence-corrected chi connectivity index (χ4v) is 1.20. The van der Waals surface area contributed by atoms with E-state index in [2.05, 4.69) is 44.7 Å². The lowest BCUT2D eigenvalue weighted by Crippen LogP contribution is -2.10. The molecule has 1 rings (SSSR count). The first-order valence-electron chi connectivity index (χ1n) is 4.74. The molecular weight excluding hydrogens is 172 g/mol. The first-order chi connectivity index (χ1) is 6.54. The van der Waals surface area contributed by atoms with E-state index in [9.17, 15) is 0 Å². The third-order valence-corrected chi connectivity index (χ3v) is 2.06. The lowest BCUT2D eigenvalue weighted by Gasteiger charge is -2.18. The molecule has 1 aromatic rings. The predicted molar refractivity (Wildman–Crippen MR) is 59.1 cm³/mol. The summed E-state index contributed by atoms with van der Waals surface area (Å²) in [6.07, 6.45) is 0. The van der Waals surface area contributed by atoms with Crippen molar-refractivity contribution in [3.05, 3.63) is 35.4 Å². The molecule has 0 fully saturated rings. The van der Waals surface area contributed by atoms with Gasteiger partial charge in [0.05, 0.1) is 0 Å². The van der Waals surface area contributed by atoms with Gasteiger partial charge in [0.2, 0.25) is 0 Å². The molecule has 14 heavy (non-hydrogen) atoms. The molecule has 0 saturated carbocycles. The highest BCUT2D eigenvalue weighted by atomic mass is 16.2. The zero-order valence-corrected chi connectivity index (χ0v) is 8.96. The van der Waals surface area contributed by atoms with Crippen molar-refractivity contribution in [3.63, 3.8) is 0 Å². The van der Waals surface area contributed by atoms with E-state index in [0.29, 0.717) is 0 Å². The van der Waals surface area contributed by atoms with Gasteiger partial charge in [-0.25, -0.2) is 0 Å². The van der Waals surface area contributed by atoms with Gasteiger partial charge in [-0.3, -0.25) is 0 Å². The van der Waals surface area contributed by atoms with E-state index >= 15 is 0 Å². The summed E-state index contributed by atoms with van der Waals surface area (Å²) >= 11 is 0. The number of rotatable bonds is 0. The third-order valence-electron chi connectivity index (χ3n) is 2.06. The Kier molecular flexibility index (Phi) is 3.33. The van der Waals surface area contributed by atoms with Crippen LogP contribution < -0.4 is 0 Å². The Balaban J connectivity index is 2.89. The Bertz CT molecular complexity index is 344. The molecular formula is C13H16O. The van der Waals surface area contributed by atoms with Crippen molar-refractivity contribution in [3.8, 4) is 11.8 Å². The molecule has 0 aliphatic heterocycles. The Morgan fingerprint density at radius 3 is 2.14 bits per heavy atom. The summed E-state index contributed by atoms with van der Waals surface area (Å²) in [6.45, 7) is 6.46. The zero-order valence-electron chi connectivity index (χ0n) is 8.96. The lowest BCUT2D eigenvalue weighted by atomic mass is 9.87. The standard InChI is InChI=1S/C13H16O/c1-13(2,3)12-8-6-11(7-9-12)5-4-10-14/h6-9,14H,10H2,1-3H3. The van der Waals surface area contributed by atoms with E-state index in [1.54, 1.807) is 0 Å². The summed E-state index contributed by atoms with van der Waals surface area (Å²) in [4.78, 5) is 0. The molecule has 0 aliphatic rings. The summed E-state index contributed by atoms with van der Waals surface area (Å²) in [6, 6.07) is 8.15. The fraction of sp³-hybridized carbons (Fsp3) is 0.385. The Morgan fingerprint density at radius 2 is 1.71 bits per heavy atom. The van der Waals surface area contributed by atoms with Gasteiger partial charge in [-0.15, -0.1) is 0 Å². The maximum Gasteiger partial charge on any atom is 0.104 e. The topological polar surface area (TPSA) is 20.2 Å². The summed E-state index contributed by atoms with van der Waals surface area (Å²) in [7, 11) is 0. The number of aliphatic hydroxyl groups excluding tert-OH is 1. The van der Waals surface area contributed by atoms with Gasteiger partial charge in [0.15, 0.2) is 0 Å². The first-order valence-corrected chi connectivity index (χ1v) is 4.74. The van der Waals surface area contributed by atoms with Crippen LogP contribution in [-0.4, -0.2) is 11.7 Å². The van der Waals surface area contributed by atoms with E-state index in [1.807, 2.05) is 12.1 Å². The van der Waals surface area contributed by atoms with Gasteiger partial charge in [-0.2, -0.15) is 0 Å². The van der Waals surface area contributed by atoms with Crippen molar-refractivity contribution in [2.45, 2.75) is 26.2 Å². The second-order valence-electron chi connectivity index (χ2n) is 4.29. The highest BCUT2D eigenvalue weighted by Crippen LogP contribution is 2.21. The van der Waals surface area contributed by atoms with Crippen molar-refractivity contribution < 1.29 is 5.11 Å². The molecule has 0 bridgehead atoms. The van der Waals surface area contributed by atoms with Crippen LogP contribution in [0.15, 0.2) is 24.3 Å². The minimum absolute atomic E-state index is 0.0823. The zero-order chi connectivity index (χ0) is 10.6. The number of hydrogen-bond donors (Lipinski definition) is 1. The monoisotopic (exact) mass is 188 g/mol. The van der Waals surface area contributed by atoms with Gasteiger partial charge in [0.25, 0.3) is 0 Å². The molecule has 0 aromatic heterocycles. The summed E-state index contributed by atoms with van der Waals surface area (Å²) < 4.78 is 0. The quantitative estimate of drug-likeness (QED) is 0.619. The van der Waals surface area contributed by atoms with Gasteiger partial charge in [0, 0.05) is 5.56 Å². The molecule has 0 unspecified atom stereocenters.